The van der Waals surface area contributed by atoms with E-state index in [1.165, 1.54) is 18.2 Å². The van der Waals surface area contributed by atoms with Crippen molar-refractivity contribution in [2.45, 2.75) is 4.90 Å². The molecule has 0 radical (unpaired) electrons. The average molecular weight is 376 g/mol. The molecule has 0 amide bonds. The van der Waals surface area contributed by atoms with Crippen LogP contribution in [0, 0.1) is 0 Å². The first-order valence-corrected chi connectivity index (χ1v) is 8.72. The first kappa shape index (κ1) is 15.5. The summed E-state index contributed by atoms with van der Waals surface area (Å²) >= 11 is 17.7. The Kier molecular flexibility index (Phi) is 3.99. The van der Waals surface area contributed by atoms with Crippen LogP contribution in [0.2, 0.25) is 15.1 Å². The molecule has 2 N–H and O–H groups in total. The zero-order valence-corrected chi connectivity index (χ0v) is 14.0. The molecule has 0 aliphatic heterocycles. The summed E-state index contributed by atoms with van der Waals surface area (Å²) in [6.45, 7) is 0. The number of halogens is 3. The number of hydrogen-bond donors (Lipinski definition) is 2. The Morgan fingerprint density at radius 1 is 0.955 bits per heavy atom. The lowest BCUT2D eigenvalue weighted by atomic mass is 10.2. The summed E-state index contributed by atoms with van der Waals surface area (Å²) in [6, 6.07) is 9.16. The number of sulfonamides is 1. The highest BCUT2D eigenvalue weighted by Gasteiger charge is 2.16. The third kappa shape index (κ3) is 3.03. The van der Waals surface area contributed by atoms with Crippen molar-refractivity contribution in [3.05, 3.63) is 57.7 Å². The molecule has 1 heterocycles. The first-order valence-electron chi connectivity index (χ1n) is 6.11. The van der Waals surface area contributed by atoms with Gasteiger partial charge in [0.25, 0.3) is 10.0 Å². The summed E-state index contributed by atoms with van der Waals surface area (Å²) < 4.78 is 27.3. The first-order chi connectivity index (χ1) is 10.3. The van der Waals surface area contributed by atoms with Crippen LogP contribution in [-0.2, 0) is 10.0 Å². The van der Waals surface area contributed by atoms with Crippen molar-refractivity contribution in [1.29, 1.82) is 0 Å². The molecular formula is C14H9Cl3N2O2S. The number of nitrogens with one attached hydrogen (secondary N) is 2. The van der Waals surface area contributed by atoms with E-state index in [1.54, 1.807) is 24.4 Å². The highest BCUT2D eigenvalue weighted by molar-refractivity contribution is 7.92. The summed E-state index contributed by atoms with van der Waals surface area (Å²) in [7, 11) is -3.80. The molecule has 0 saturated carbocycles. The van der Waals surface area contributed by atoms with Gasteiger partial charge in [0.05, 0.1) is 9.92 Å². The Bertz CT molecular complexity index is 947. The topological polar surface area (TPSA) is 62.0 Å². The number of anilines is 1. The molecule has 3 rings (SSSR count). The molecule has 0 atom stereocenters. The van der Waals surface area contributed by atoms with Gasteiger partial charge in [0.2, 0.25) is 0 Å². The Balaban J connectivity index is 2.00. The molecule has 8 heteroatoms. The standard InChI is InChI=1S/C14H9Cl3N2O2S/c15-8-3-9(16)5-11(4-8)22(20,21)19-10-1-2-14-12(6-10)13(17)7-18-14/h1-7,18-19H. The van der Waals surface area contributed by atoms with E-state index < -0.39 is 10.0 Å². The van der Waals surface area contributed by atoms with Gasteiger partial charge in [-0.1, -0.05) is 34.8 Å². The minimum atomic E-state index is -3.80. The van der Waals surface area contributed by atoms with Crippen LogP contribution in [0.4, 0.5) is 5.69 Å². The quantitative estimate of drug-likeness (QED) is 0.682. The average Bonchev–Trinajstić information content (AvgIpc) is 2.79. The maximum Gasteiger partial charge on any atom is 0.261 e. The lowest BCUT2D eigenvalue weighted by molar-refractivity contribution is 0.601. The molecular weight excluding hydrogens is 367 g/mol. The minimum Gasteiger partial charge on any atom is -0.360 e. The molecule has 3 aromatic rings. The predicted molar refractivity (Wildman–Crippen MR) is 90.6 cm³/mol. The molecule has 1 aromatic heterocycles. The summed E-state index contributed by atoms with van der Waals surface area (Å²) in [5.74, 6) is 0. The van der Waals surface area contributed by atoms with Gasteiger partial charge in [0, 0.05) is 32.8 Å². The fraction of sp³-hybridized carbons (Fsp3) is 0. The molecule has 114 valence electrons. The second kappa shape index (κ2) is 5.66. The van der Waals surface area contributed by atoms with Crippen molar-refractivity contribution in [3.63, 3.8) is 0 Å². The van der Waals surface area contributed by atoms with E-state index >= 15 is 0 Å². The van der Waals surface area contributed by atoms with Crippen molar-refractivity contribution in [2.24, 2.45) is 0 Å². The molecule has 0 spiro atoms. The summed E-state index contributed by atoms with van der Waals surface area (Å²) in [5, 5.41) is 1.74. The van der Waals surface area contributed by atoms with Crippen molar-refractivity contribution in [2.75, 3.05) is 4.72 Å². The Labute approximate surface area is 142 Å². The van der Waals surface area contributed by atoms with Crippen LogP contribution in [0.25, 0.3) is 10.9 Å². The fourth-order valence-corrected chi connectivity index (χ4v) is 4.03. The molecule has 0 aliphatic carbocycles. The van der Waals surface area contributed by atoms with Crippen LogP contribution in [0.5, 0.6) is 0 Å². The van der Waals surface area contributed by atoms with Crippen LogP contribution in [-0.4, -0.2) is 13.4 Å². The number of H-pyrrole nitrogens is 1. The molecule has 2 aromatic carbocycles. The van der Waals surface area contributed by atoms with E-state index in [4.69, 9.17) is 34.8 Å². The lowest BCUT2D eigenvalue weighted by Gasteiger charge is -2.09. The maximum atomic E-state index is 12.4. The van der Waals surface area contributed by atoms with E-state index in [1.807, 2.05) is 0 Å². The fourth-order valence-electron chi connectivity index (χ4n) is 2.05. The van der Waals surface area contributed by atoms with E-state index in [-0.39, 0.29) is 14.9 Å². The second-order valence-electron chi connectivity index (χ2n) is 4.61. The summed E-state index contributed by atoms with van der Waals surface area (Å²) in [6.07, 6.45) is 1.64. The van der Waals surface area contributed by atoms with Crippen molar-refractivity contribution >= 4 is 61.4 Å². The molecule has 0 aliphatic rings. The largest absolute Gasteiger partial charge is 0.360 e. The van der Waals surface area contributed by atoms with Crippen LogP contribution >= 0.6 is 34.8 Å². The third-order valence-corrected chi connectivity index (χ3v) is 5.14. The third-order valence-electron chi connectivity index (χ3n) is 3.03. The van der Waals surface area contributed by atoms with E-state index in [0.717, 1.165) is 10.9 Å². The van der Waals surface area contributed by atoms with Gasteiger partial charge in [-0.3, -0.25) is 4.72 Å². The van der Waals surface area contributed by atoms with Gasteiger partial charge in [-0.25, -0.2) is 8.42 Å². The van der Waals surface area contributed by atoms with Crippen molar-refractivity contribution in [3.8, 4) is 0 Å². The van der Waals surface area contributed by atoms with Gasteiger partial charge in [-0.2, -0.15) is 0 Å². The second-order valence-corrected chi connectivity index (χ2v) is 7.57. The number of aromatic nitrogens is 1. The molecule has 0 bridgehead atoms. The monoisotopic (exact) mass is 374 g/mol. The Morgan fingerprint density at radius 2 is 1.64 bits per heavy atom. The smallest absolute Gasteiger partial charge is 0.261 e. The number of aromatic amines is 1. The number of hydrogen-bond acceptors (Lipinski definition) is 2. The molecule has 0 fully saturated rings. The normalized spacial score (nSPS) is 11.8. The van der Waals surface area contributed by atoms with Gasteiger partial charge in [0.15, 0.2) is 0 Å². The zero-order valence-electron chi connectivity index (χ0n) is 10.9. The van der Waals surface area contributed by atoms with Gasteiger partial charge in [0.1, 0.15) is 0 Å². The van der Waals surface area contributed by atoms with Gasteiger partial charge in [-0.05, 0) is 36.4 Å². The Hall–Kier alpha value is -1.40. The Morgan fingerprint density at radius 3 is 2.32 bits per heavy atom. The number of rotatable bonds is 3. The lowest BCUT2D eigenvalue weighted by Crippen LogP contribution is -2.12. The van der Waals surface area contributed by atoms with Gasteiger partial charge < -0.3 is 4.98 Å². The summed E-state index contributed by atoms with van der Waals surface area (Å²) in [5.41, 5.74) is 1.21. The maximum absolute atomic E-state index is 12.4. The van der Waals surface area contributed by atoms with Crippen LogP contribution < -0.4 is 4.72 Å². The van der Waals surface area contributed by atoms with Crippen LogP contribution in [0.1, 0.15) is 0 Å². The zero-order chi connectivity index (χ0) is 15.9. The van der Waals surface area contributed by atoms with E-state index in [0.29, 0.717) is 10.7 Å². The SMILES string of the molecule is O=S(=O)(Nc1ccc2[nH]cc(Cl)c2c1)c1cc(Cl)cc(Cl)c1. The number of fused-ring (bicyclic) bond motifs is 1. The highest BCUT2D eigenvalue weighted by atomic mass is 35.5. The van der Waals surface area contributed by atoms with Crippen molar-refractivity contribution in [1.82, 2.24) is 4.98 Å². The number of benzene rings is 2. The van der Waals surface area contributed by atoms with Crippen LogP contribution in [0.3, 0.4) is 0 Å². The van der Waals surface area contributed by atoms with E-state index in [9.17, 15) is 8.42 Å². The van der Waals surface area contributed by atoms with Gasteiger partial charge in [-0.15, -0.1) is 0 Å². The van der Waals surface area contributed by atoms with Gasteiger partial charge >= 0.3 is 0 Å². The summed E-state index contributed by atoms with van der Waals surface area (Å²) in [4.78, 5) is 2.97. The van der Waals surface area contributed by atoms with E-state index in [2.05, 4.69) is 9.71 Å². The molecule has 0 unspecified atom stereocenters. The molecule has 22 heavy (non-hydrogen) atoms. The van der Waals surface area contributed by atoms with Crippen LogP contribution in [0.15, 0.2) is 47.5 Å². The predicted octanol–water partition coefficient (Wildman–Crippen LogP) is 4.93. The molecule has 4 nitrogen and oxygen atoms in total. The van der Waals surface area contributed by atoms with Crippen molar-refractivity contribution < 1.29 is 8.42 Å². The molecule has 0 saturated heterocycles. The highest BCUT2D eigenvalue weighted by Crippen LogP contribution is 2.28. The minimum absolute atomic E-state index is 0.00902.